The minimum atomic E-state index is -0.875. The zero-order valence-electron chi connectivity index (χ0n) is 43.9. The number of likely N-dealkylation sites (N-methyl/N-ethyl adjacent to an activating group) is 1. The van der Waals surface area contributed by atoms with E-state index in [1.54, 1.807) is 0 Å². The summed E-state index contributed by atoms with van der Waals surface area (Å²) >= 11 is 0. The molecule has 0 radical (unpaired) electrons. The van der Waals surface area contributed by atoms with Crippen LogP contribution in [0.3, 0.4) is 0 Å². The molecule has 0 saturated carbocycles. The van der Waals surface area contributed by atoms with Gasteiger partial charge in [-0.1, -0.05) is 204 Å². The molecule has 8 heteroatoms. The van der Waals surface area contributed by atoms with Gasteiger partial charge in [-0.05, 0) is 77.0 Å². The maximum atomic E-state index is 12.8. The molecule has 2 atom stereocenters. The van der Waals surface area contributed by atoms with Gasteiger partial charge in [0.2, 0.25) is 0 Å². The van der Waals surface area contributed by atoms with Crippen LogP contribution in [0.5, 0.6) is 0 Å². The molecule has 0 aromatic rings. The first kappa shape index (κ1) is 63.3. The van der Waals surface area contributed by atoms with Crippen molar-refractivity contribution < 1.29 is 38.2 Å². The summed E-state index contributed by atoms with van der Waals surface area (Å²) in [6, 6.07) is -0.618. The molecule has 0 aliphatic carbocycles. The normalized spacial score (nSPS) is 13.2. The Kier molecular flexibility index (Phi) is 46.7. The monoisotopic (exact) mass is 929 g/mol. The van der Waals surface area contributed by atoms with Gasteiger partial charge in [-0.3, -0.25) is 9.59 Å². The number of hydrogen-bond acceptors (Lipinski definition) is 6. The summed E-state index contributed by atoms with van der Waals surface area (Å²) in [7, 11) is 5.54. The van der Waals surface area contributed by atoms with E-state index in [0.29, 0.717) is 19.3 Å². The Morgan fingerprint density at radius 3 is 1.23 bits per heavy atom. The first-order chi connectivity index (χ1) is 32.1. The fraction of sp³-hybridized carbons (Fsp3) is 0.810. The third-order valence-corrected chi connectivity index (χ3v) is 12.5. The maximum absolute atomic E-state index is 12.8. The summed E-state index contributed by atoms with van der Waals surface area (Å²) in [6.07, 6.45) is 60.2. The SMILES string of the molecule is CCCCC/C=C/C/C=C/C/C=C/CCCCCCCCCCCC(=O)OCC(COCCC(C(=O)O)[N+](C)(C)C)OC(=O)CCCCCCCCC/C=C/CCCCCCCCCCC. The smallest absolute Gasteiger partial charge is 0.362 e. The predicted octanol–water partition coefficient (Wildman–Crippen LogP) is 16.3. The molecule has 66 heavy (non-hydrogen) atoms. The number of hydrogen-bond donors (Lipinski definition) is 1. The van der Waals surface area contributed by atoms with Crippen LogP contribution in [0.4, 0.5) is 0 Å². The third-order valence-electron chi connectivity index (χ3n) is 12.5. The van der Waals surface area contributed by atoms with Crippen molar-refractivity contribution in [2.75, 3.05) is 41.0 Å². The lowest BCUT2D eigenvalue weighted by Crippen LogP contribution is -2.50. The van der Waals surface area contributed by atoms with Crippen molar-refractivity contribution >= 4 is 17.9 Å². The number of unbranched alkanes of at least 4 members (excludes halogenated alkanes) is 28. The summed E-state index contributed by atoms with van der Waals surface area (Å²) in [4.78, 5) is 37.2. The Morgan fingerprint density at radius 1 is 0.455 bits per heavy atom. The molecule has 0 fully saturated rings. The molecular weight excluding hydrogens is 823 g/mol. The molecule has 0 aromatic carbocycles. The largest absolute Gasteiger partial charge is 0.477 e. The van der Waals surface area contributed by atoms with Gasteiger partial charge >= 0.3 is 17.9 Å². The van der Waals surface area contributed by atoms with Crippen LogP contribution in [0.25, 0.3) is 0 Å². The molecule has 1 N–H and O–H groups in total. The number of carboxylic acids is 1. The van der Waals surface area contributed by atoms with Crippen LogP contribution in [0.15, 0.2) is 48.6 Å². The summed E-state index contributed by atoms with van der Waals surface area (Å²) in [5, 5.41) is 9.67. The number of carboxylic acid groups (broad SMARTS) is 1. The highest BCUT2D eigenvalue weighted by molar-refractivity contribution is 5.72. The molecule has 0 rings (SSSR count). The molecular formula is C58H106NO7+. The van der Waals surface area contributed by atoms with Gasteiger partial charge < -0.3 is 23.8 Å². The zero-order chi connectivity index (χ0) is 48.4. The summed E-state index contributed by atoms with van der Waals surface area (Å²) in [6.45, 7) is 4.73. The number of nitrogens with zero attached hydrogens (tertiary/aromatic N) is 1. The predicted molar refractivity (Wildman–Crippen MR) is 280 cm³/mol. The van der Waals surface area contributed by atoms with Crippen LogP contribution in [0.2, 0.25) is 0 Å². The van der Waals surface area contributed by atoms with Gasteiger partial charge in [-0.15, -0.1) is 0 Å². The lowest BCUT2D eigenvalue weighted by molar-refractivity contribution is -0.887. The molecule has 0 aliphatic rings. The van der Waals surface area contributed by atoms with Crippen LogP contribution in [0, 0.1) is 0 Å². The molecule has 0 amide bonds. The van der Waals surface area contributed by atoms with E-state index in [2.05, 4.69) is 62.5 Å². The lowest BCUT2D eigenvalue weighted by atomic mass is 10.1. The first-order valence-electron chi connectivity index (χ1n) is 27.7. The number of rotatable bonds is 50. The molecule has 0 heterocycles. The second-order valence-corrected chi connectivity index (χ2v) is 19.8. The molecule has 0 bridgehead atoms. The van der Waals surface area contributed by atoms with Crippen molar-refractivity contribution in [2.45, 2.75) is 264 Å². The summed E-state index contributed by atoms with van der Waals surface area (Å²) in [5.74, 6) is -1.47. The molecule has 0 aromatic heterocycles. The van der Waals surface area contributed by atoms with Crippen LogP contribution < -0.4 is 0 Å². The highest BCUT2D eigenvalue weighted by Gasteiger charge is 2.31. The van der Waals surface area contributed by atoms with E-state index in [9.17, 15) is 19.5 Å². The molecule has 8 nitrogen and oxygen atoms in total. The average Bonchev–Trinajstić information content (AvgIpc) is 3.28. The minimum absolute atomic E-state index is 0.0549. The summed E-state index contributed by atoms with van der Waals surface area (Å²) < 4.78 is 17.4. The van der Waals surface area contributed by atoms with Gasteiger partial charge in [0.25, 0.3) is 0 Å². The Balaban J connectivity index is 4.21. The van der Waals surface area contributed by atoms with Crippen molar-refractivity contribution in [2.24, 2.45) is 0 Å². The van der Waals surface area contributed by atoms with E-state index >= 15 is 0 Å². The second-order valence-electron chi connectivity index (χ2n) is 19.8. The number of ether oxygens (including phenoxy) is 3. The van der Waals surface area contributed by atoms with Gasteiger partial charge in [0.1, 0.15) is 6.61 Å². The Morgan fingerprint density at radius 2 is 0.803 bits per heavy atom. The molecule has 0 spiro atoms. The highest BCUT2D eigenvalue weighted by atomic mass is 16.6. The van der Waals surface area contributed by atoms with E-state index in [1.165, 1.54) is 167 Å². The number of carbonyl (C=O) groups excluding carboxylic acids is 2. The number of esters is 2. The van der Waals surface area contributed by atoms with Crippen molar-refractivity contribution in [1.29, 1.82) is 0 Å². The number of aliphatic carboxylic acids is 1. The van der Waals surface area contributed by atoms with Crippen molar-refractivity contribution in [3.05, 3.63) is 48.6 Å². The number of carbonyl (C=O) groups is 3. The Hall–Kier alpha value is -2.71. The van der Waals surface area contributed by atoms with Gasteiger partial charge in [-0.2, -0.15) is 0 Å². The average molecular weight is 929 g/mol. The van der Waals surface area contributed by atoms with Crippen molar-refractivity contribution in [3.63, 3.8) is 0 Å². The number of quaternary nitrogens is 1. The zero-order valence-corrected chi connectivity index (χ0v) is 43.9. The van der Waals surface area contributed by atoms with Gasteiger partial charge in [0, 0.05) is 19.3 Å². The lowest BCUT2D eigenvalue weighted by Gasteiger charge is -2.31. The van der Waals surface area contributed by atoms with Crippen LogP contribution in [0.1, 0.15) is 251 Å². The fourth-order valence-electron chi connectivity index (χ4n) is 8.15. The molecule has 2 unspecified atom stereocenters. The summed E-state index contributed by atoms with van der Waals surface area (Å²) in [5.41, 5.74) is 0. The molecule has 0 saturated heterocycles. The number of allylic oxidation sites excluding steroid dienone is 8. The topological polar surface area (TPSA) is 99.1 Å². The van der Waals surface area contributed by atoms with Gasteiger partial charge in [0.05, 0.1) is 34.4 Å². The van der Waals surface area contributed by atoms with E-state index in [0.717, 1.165) is 51.4 Å². The van der Waals surface area contributed by atoms with Crippen LogP contribution in [-0.2, 0) is 28.6 Å². The van der Waals surface area contributed by atoms with Crippen LogP contribution >= 0.6 is 0 Å². The second kappa shape index (κ2) is 48.7. The van der Waals surface area contributed by atoms with Gasteiger partial charge in [-0.25, -0.2) is 4.79 Å². The van der Waals surface area contributed by atoms with Gasteiger partial charge in [0.15, 0.2) is 12.1 Å². The van der Waals surface area contributed by atoms with E-state index in [4.69, 9.17) is 14.2 Å². The standard InChI is InChI=1S/C58H105NO7/c1-6-8-10-12-14-16-18-20-22-24-26-28-29-31-32-34-36-38-40-42-44-46-48-56(60)65-53-54(52-64-51-50-55(58(62)63)59(3,4)5)66-57(61)49-47-45-43-41-39-37-35-33-30-27-25-23-21-19-17-15-13-11-9-7-2/h14,16,20,22,26-28,30,54-55H,6-13,15,17-19,21,23-25,29,31-53H2,1-5H3/p+1/b16-14+,22-20+,28-26+,30-27+. The van der Waals surface area contributed by atoms with E-state index < -0.39 is 18.1 Å². The Labute approximate surface area is 407 Å². The van der Waals surface area contributed by atoms with E-state index in [1.807, 2.05) is 21.1 Å². The highest BCUT2D eigenvalue weighted by Crippen LogP contribution is 2.16. The van der Waals surface area contributed by atoms with E-state index in [-0.39, 0.29) is 36.2 Å². The Bertz CT molecular complexity index is 1220. The third kappa shape index (κ3) is 46.4. The maximum Gasteiger partial charge on any atom is 0.362 e. The molecule has 384 valence electrons. The van der Waals surface area contributed by atoms with Crippen LogP contribution in [-0.4, -0.2) is 80.6 Å². The van der Waals surface area contributed by atoms with Crippen molar-refractivity contribution in [1.82, 2.24) is 0 Å². The first-order valence-corrected chi connectivity index (χ1v) is 27.7. The molecule has 0 aliphatic heterocycles. The minimum Gasteiger partial charge on any atom is -0.477 e. The quantitative estimate of drug-likeness (QED) is 0.0281. The fourth-order valence-corrected chi connectivity index (χ4v) is 8.15. The van der Waals surface area contributed by atoms with Crippen molar-refractivity contribution in [3.8, 4) is 0 Å².